The number of hydrogen-bond acceptors (Lipinski definition) is 6. The van der Waals surface area contributed by atoms with Gasteiger partial charge < -0.3 is 9.47 Å². The van der Waals surface area contributed by atoms with Gasteiger partial charge in [0.25, 0.3) is 0 Å². The Bertz CT molecular complexity index is 778. The largest absolute Gasteiger partial charge is 0.352 e. The van der Waals surface area contributed by atoms with Crippen LogP contribution < -0.4 is 4.90 Å². The minimum atomic E-state index is 0.548. The molecule has 132 valence electrons. The molecule has 1 aliphatic carbocycles. The maximum absolute atomic E-state index is 4.47. The first-order valence-electron chi connectivity index (χ1n) is 9.49. The molecule has 2 aliphatic heterocycles. The third-order valence-electron chi connectivity index (χ3n) is 5.94. The third kappa shape index (κ3) is 2.70. The smallest absolute Gasteiger partial charge is 0.151 e. The van der Waals surface area contributed by atoms with E-state index in [-0.39, 0.29) is 0 Å². The second kappa shape index (κ2) is 6.05. The van der Waals surface area contributed by atoms with Gasteiger partial charge in [-0.2, -0.15) is 5.10 Å². The summed E-state index contributed by atoms with van der Waals surface area (Å²) in [5.41, 5.74) is 2.62. The highest BCUT2D eigenvalue weighted by molar-refractivity contribution is 5.45. The molecule has 3 aliphatic rings. The van der Waals surface area contributed by atoms with E-state index in [1.165, 1.54) is 30.5 Å². The normalized spacial score (nSPS) is 19.8. The van der Waals surface area contributed by atoms with Crippen molar-refractivity contribution in [2.75, 3.05) is 25.0 Å². The number of nitrogens with zero attached hydrogens (tertiary/aromatic N) is 7. The molecule has 0 radical (unpaired) electrons. The summed E-state index contributed by atoms with van der Waals surface area (Å²) in [4.78, 5) is 4.75. The lowest BCUT2D eigenvalue weighted by Gasteiger charge is -2.44. The van der Waals surface area contributed by atoms with E-state index >= 15 is 0 Å². The van der Waals surface area contributed by atoms with Crippen LogP contribution in [0.1, 0.15) is 42.2 Å². The van der Waals surface area contributed by atoms with E-state index in [0.29, 0.717) is 6.04 Å². The van der Waals surface area contributed by atoms with Crippen LogP contribution in [0.2, 0.25) is 0 Å². The predicted octanol–water partition coefficient (Wildman–Crippen LogP) is 1.21. The van der Waals surface area contributed by atoms with Gasteiger partial charge in [-0.25, -0.2) is 0 Å². The Kier molecular flexibility index (Phi) is 3.69. The van der Waals surface area contributed by atoms with Crippen molar-refractivity contribution in [2.45, 2.75) is 57.7 Å². The molecular weight excluding hydrogens is 314 g/mol. The van der Waals surface area contributed by atoms with Gasteiger partial charge in [0.15, 0.2) is 5.82 Å². The van der Waals surface area contributed by atoms with Gasteiger partial charge in [-0.1, -0.05) is 0 Å². The average Bonchev–Trinajstić information content (AvgIpc) is 3.18. The second-order valence-corrected chi connectivity index (χ2v) is 7.64. The Hall–Kier alpha value is -2.02. The second-order valence-electron chi connectivity index (χ2n) is 7.64. The lowest BCUT2D eigenvalue weighted by atomic mass is 9.96. The first-order valence-corrected chi connectivity index (χ1v) is 9.49. The Labute approximate surface area is 148 Å². The monoisotopic (exact) mass is 339 g/mol. The molecule has 7 heteroatoms. The summed E-state index contributed by atoms with van der Waals surface area (Å²) in [6.07, 6.45) is 7.07. The van der Waals surface area contributed by atoms with Crippen LogP contribution in [0.4, 0.5) is 5.82 Å². The molecule has 0 N–H and O–H groups in total. The molecule has 1 fully saturated rings. The van der Waals surface area contributed by atoms with Crippen molar-refractivity contribution in [3.05, 3.63) is 29.0 Å². The Balaban J connectivity index is 1.21. The number of aromatic nitrogens is 5. The zero-order chi connectivity index (χ0) is 16.8. The van der Waals surface area contributed by atoms with Crippen molar-refractivity contribution >= 4 is 5.82 Å². The highest BCUT2D eigenvalue weighted by Crippen LogP contribution is 2.26. The van der Waals surface area contributed by atoms with E-state index in [4.69, 9.17) is 0 Å². The maximum atomic E-state index is 4.47. The average molecular weight is 339 g/mol. The van der Waals surface area contributed by atoms with E-state index in [2.05, 4.69) is 47.9 Å². The van der Waals surface area contributed by atoms with Gasteiger partial charge in [0.2, 0.25) is 0 Å². The first-order chi connectivity index (χ1) is 12.3. The molecule has 5 rings (SSSR count). The van der Waals surface area contributed by atoms with Crippen molar-refractivity contribution in [1.82, 2.24) is 29.9 Å². The summed E-state index contributed by atoms with van der Waals surface area (Å²) >= 11 is 0. The van der Waals surface area contributed by atoms with E-state index < -0.39 is 0 Å². The molecule has 0 aromatic carbocycles. The highest BCUT2D eigenvalue weighted by atomic mass is 15.4. The van der Waals surface area contributed by atoms with Crippen LogP contribution in [-0.4, -0.2) is 56.0 Å². The third-order valence-corrected chi connectivity index (χ3v) is 5.94. The van der Waals surface area contributed by atoms with E-state index in [0.717, 1.165) is 62.9 Å². The Morgan fingerprint density at radius 2 is 1.92 bits per heavy atom. The number of anilines is 1. The highest BCUT2D eigenvalue weighted by Gasteiger charge is 2.32. The van der Waals surface area contributed by atoms with Crippen LogP contribution in [-0.2, 0) is 32.4 Å². The van der Waals surface area contributed by atoms with Crippen LogP contribution >= 0.6 is 0 Å². The fraction of sp³-hybridized carbons (Fsp3) is 0.667. The summed E-state index contributed by atoms with van der Waals surface area (Å²) in [6, 6.07) is 2.82. The summed E-state index contributed by atoms with van der Waals surface area (Å²) < 4.78 is 2.29. The molecule has 0 amide bonds. The van der Waals surface area contributed by atoms with Gasteiger partial charge in [0, 0.05) is 32.1 Å². The summed E-state index contributed by atoms with van der Waals surface area (Å²) in [5.74, 6) is 3.32. The van der Waals surface area contributed by atoms with Crippen LogP contribution in [0.25, 0.3) is 0 Å². The maximum Gasteiger partial charge on any atom is 0.151 e. The van der Waals surface area contributed by atoms with Gasteiger partial charge in [-0.3, -0.25) is 4.90 Å². The lowest BCUT2D eigenvalue weighted by Crippen LogP contribution is -2.58. The van der Waals surface area contributed by atoms with E-state index in [9.17, 15) is 0 Å². The molecule has 4 heterocycles. The molecule has 2 aromatic heterocycles. The van der Waals surface area contributed by atoms with Gasteiger partial charge >= 0.3 is 0 Å². The molecule has 0 spiro atoms. The summed E-state index contributed by atoms with van der Waals surface area (Å²) in [5, 5.41) is 17.6. The topological polar surface area (TPSA) is 63.0 Å². The molecule has 2 aromatic rings. The first kappa shape index (κ1) is 15.3. The SMILES string of the molecule is CN(Cc1nnc2n1CCC2)C1CN(c2cc3c(nn2)CCCC3)C1. The standard InChI is InChI=1S/C18H25N7/c1-23(12-18-22-20-16-7-4-8-25(16)18)14-10-24(11-14)17-9-13-5-2-3-6-15(13)19-21-17/h9,14H,2-8,10-12H2,1H3. The number of fused-ring (bicyclic) bond motifs is 2. The number of likely N-dealkylation sites (N-methyl/N-ethyl adjacent to an activating group) is 1. The van der Waals surface area contributed by atoms with Crippen LogP contribution in [0.15, 0.2) is 6.07 Å². The van der Waals surface area contributed by atoms with Crippen molar-refractivity contribution in [2.24, 2.45) is 0 Å². The lowest BCUT2D eigenvalue weighted by molar-refractivity contribution is 0.190. The fourth-order valence-corrected chi connectivity index (χ4v) is 4.23. The molecule has 1 saturated heterocycles. The van der Waals surface area contributed by atoms with Crippen LogP contribution in [0.5, 0.6) is 0 Å². The van der Waals surface area contributed by atoms with Gasteiger partial charge in [0.05, 0.1) is 12.2 Å². The van der Waals surface area contributed by atoms with Crippen LogP contribution in [0, 0.1) is 0 Å². The van der Waals surface area contributed by atoms with E-state index in [1.807, 2.05) is 0 Å². The minimum absolute atomic E-state index is 0.548. The van der Waals surface area contributed by atoms with Gasteiger partial charge in [-0.05, 0) is 50.8 Å². The Morgan fingerprint density at radius 1 is 1.04 bits per heavy atom. The van der Waals surface area contributed by atoms with Crippen molar-refractivity contribution < 1.29 is 0 Å². The Morgan fingerprint density at radius 3 is 2.84 bits per heavy atom. The van der Waals surface area contributed by atoms with Gasteiger partial charge in [-0.15, -0.1) is 15.3 Å². The molecule has 0 unspecified atom stereocenters. The van der Waals surface area contributed by atoms with E-state index in [1.54, 1.807) is 0 Å². The number of rotatable bonds is 4. The number of aryl methyl sites for hydroxylation is 3. The summed E-state index contributed by atoms with van der Waals surface area (Å²) in [6.45, 7) is 3.99. The molecule has 25 heavy (non-hydrogen) atoms. The van der Waals surface area contributed by atoms with Gasteiger partial charge in [0.1, 0.15) is 11.6 Å². The molecule has 0 bridgehead atoms. The quantitative estimate of drug-likeness (QED) is 0.834. The zero-order valence-corrected chi connectivity index (χ0v) is 14.9. The van der Waals surface area contributed by atoms with Crippen molar-refractivity contribution in [3.8, 4) is 0 Å². The zero-order valence-electron chi connectivity index (χ0n) is 14.9. The van der Waals surface area contributed by atoms with Crippen molar-refractivity contribution in [3.63, 3.8) is 0 Å². The molecule has 0 saturated carbocycles. The molecular formula is C18H25N7. The van der Waals surface area contributed by atoms with Crippen LogP contribution in [0.3, 0.4) is 0 Å². The fourth-order valence-electron chi connectivity index (χ4n) is 4.23. The molecule has 7 nitrogen and oxygen atoms in total. The predicted molar refractivity (Wildman–Crippen MR) is 94.5 cm³/mol. The summed E-state index contributed by atoms with van der Waals surface area (Å²) in [7, 11) is 2.19. The van der Waals surface area contributed by atoms with Crippen molar-refractivity contribution in [1.29, 1.82) is 0 Å². The molecule has 0 atom stereocenters. The number of hydrogen-bond donors (Lipinski definition) is 0. The minimum Gasteiger partial charge on any atom is -0.352 e.